The van der Waals surface area contributed by atoms with Gasteiger partial charge in [-0.25, -0.2) is 0 Å². The van der Waals surface area contributed by atoms with Crippen LogP contribution in [0.2, 0.25) is 0 Å². The van der Waals surface area contributed by atoms with Crippen molar-refractivity contribution in [2.75, 3.05) is 4.90 Å². The molecule has 0 aliphatic carbocycles. The zero-order valence-electron chi connectivity index (χ0n) is 33.9. The molecule has 0 aliphatic heterocycles. The molecule has 12 aromatic rings. The maximum absolute atomic E-state index is 6.96. The number of rotatable bonds is 7. The number of anilines is 3. The van der Waals surface area contributed by atoms with Gasteiger partial charge >= 0.3 is 0 Å². The third-order valence-electron chi connectivity index (χ3n) is 12.5. The maximum Gasteiger partial charge on any atom is 0.145 e. The van der Waals surface area contributed by atoms with E-state index in [9.17, 15) is 0 Å². The van der Waals surface area contributed by atoms with E-state index in [4.69, 9.17) is 4.42 Å². The summed E-state index contributed by atoms with van der Waals surface area (Å²) in [5, 5.41) is 9.48. The molecule has 2 heteroatoms. The second-order valence-electron chi connectivity index (χ2n) is 16.0. The molecule has 0 atom stereocenters. The first-order chi connectivity index (χ1) is 30.8. The van der Waals surface area contributed by atoms with Gasteiger partial charge < -0.3 is 9.32 Å². The summed E-state index contributed by atoms with van der Waals surface area (Å²) in [5.41, 5.74) is 14.2. The van der Waals surface area contributed by atoms with E-state index in [0.29, 0.717) is 0 Å². The number of hydrogen-bond donors (Lipinski definition) is 0. The molecule has 62 heavy (non-hydrogen) atoms. The summed E-state index contributed by atoms with van der Waals surface area (Å²) >= 11 is 0. The first-order valence-electron chi connectivity index (χ1n) is 21.3. The molecule has 0 bridgehead atoms. The van der Waals surface area contributed by atoms with Crippen molar-refractivity contribution in [3.63, 3.8) is 0 Å². The van der Waals surface area contributed by atoms with Crippen molar-refractivity contribution in [3.05, 3.63) is 237 Å². The zero-order chi connectivity index (χ0) is 41.0. The van der Waals surface area contributed by atoms with E-state index in [-0.39, 0.29) is 0 Å². The van der Waals surface area contributed by atoms with Crippen LogP contribution in [0.4, 0.5) is 17.1 Å². The van der Waals surface area contributed by atoms with Gasteiger partial charge in [-0.15, -0.1) is 0 Å². The van der Waals surface area contributed by atoms with Gasteiger partial charge in [0.1, 0.15) is 11.2 Å². The Morgan fingerprint density at radius 2 is 0.839 bits per heavy atom. The lowest BCUT2D eigenvalue weighted by atomic mass is 9.91. The Labute approximate surface area is 360 Å². The Kier molecular flexibility index (Phi) is 8.53. The Hall–Kier alpha value is -8.20. The quantitative estimate of drug-likeness (QED) is 0.150. The van der Waals surface area contributed by atoms with Crippen LogP contribution in [0, 0.1) is 0 Å². The lowest BCUT2D eigenvalue weighted by molar-refractivity contribution is 0.670. The number of fused-ring (bicyclic) bond motifs is 7. The van der Waals surface area contributed by atoms with Gasteiger partial charge in [-0.3, -0.25) is 0 Å². The average molecular weight is 790 g/mol. The Bertz CT molecular complexity index is 3610. The largest absolute Gasteiger partial charge is 0.455 e. The molecule has 0 N–H and O–H groups in total. The van der Waals surface area contributed by atoms with Crippen LogP contribution in [0.1, 0.15) is 0 Å². The fourth-order valence-corrected chi connectivity index (χ4v) is 9.54. The lowest BCUT2D eigenvalue weighted by Gasteiger charge is -2.29. The SMILES string of the molecule is c1ccc(-c2ccc(-c3ccc(N(c4ccccc4-c4cc5ccccc5c5ccccc45)c4ccc(-c5cccc6ccccc56)c5oc6ccccc6c45)cc3)cc2)cc1. The van der Waals surface area contributed by atoms with E-state index >= 15 is 0 Å². The van der Waals surface area contributed by atoms with Crippen molar-refractivity contribution in [2.45, 2.75) is 0 Å². The molecule has 0 aliphatic rings. The van der Waals surface area contributed by atoms with Crippen molar-refractivity contribution >= 4 is 71.3 Å². The van der Waals surface area contributed by atoms with E-state index in [1.807, 2.05) is 0 Å². The summed E-state index contributed by atoms with van der Waals surface area (Å²) in [5.74, 6) is 0. The fraction of sp³-hybridized carbons (Fsp3) is 0. The Balaban J connectivity index is 1.10. The van der Waals surface area contributed by atoms with Crippen LogP contribution >= 0.6 is 0 Å². The number of para-hydroxylation sites is 2. The van der Waals surface area contributed by atoms with E-state index < -0.39 is 0 Å². The van der Waals surface area contributed by atoms with Crippen LogP contribution in [0.15, 0.2) is 241 Å². The van der Waals surface area contributed by atoms with Crippen molar-refractivity contribution in [3.8, 4) is 44.5 Å². The molecule has 1 heterocycles. The molecule has 0 fully saturated rings. The summed E-state index contributed by atoms with van der Waals surface area (Å²) in [6.45, 7) is 0. The Morgan fingerprint density at radius 3 is 1.61 bits per heavy atom. The number of benzene rings is 11. The predicted molar refractivity (Wildman–Crippen MR) is 263 cm³/mol. The maximum atomic E-state index is 6.96. The smallest absolute Gasteiger partial charge is 0.145 e. The molecule has 0 saturated carbocycles. The van der Waals surface area contributed by atoms with E-state index in [0.717, 1.165) is 61.3 Å². The molecule has 0 saturated heterocycles. The minimum absolute atomic E-state index is 0.861. The normalized spacial score (nSPS) is 11.5. The highest BCUT2D eigenvalue weighted by molar-refractivity contribution is 6.20. The van der Waals surface area contributed by atoms with Gasteiger partial charge in [0.25, 0.3) is 0 Å². The Morgan fingerprint density at radius 1 is 0.290 bits per heavy atom. The summed E-state index contributed by atoms with van der Waals surface area (Å²) in [6, 6.07) is 85.4. The van der Waals surface area contributed by atoms with Crippen LogP contribution in [-0.2, 0) is 0 Å². The molecule has 0 unspecified atom stereocenters. The molecular weight excluding hydrogens is 751 g/mol. The van der Waals surface area contributed by atoms with Gasteiger partial charge in [0, 0.05) is 22.2 Å². The van der Waals surface area contributed by atoms with Gasteiger partial charge in [-0.05, 0) is 108 Å². The van der Waals surface area contributed by atoms with E-state index in [1.165, 1.54) is 54.6 Å². The van der Waals surface area contributed by atoms with Gasteiger partial charge in [-0.2, -0.15) is 0 Å². The van der Waals surface area contributed by atoms with Crippen LogP contribution in [0.25, 0.3) is 98.8 Å². The van der Waals surface area contributed by atoms with Crippen molar-refractivity contribution in [1.29, 1.82) is 0 Å². The second kappa shape index (κ2) is 14.8. The van der Waals surface area contributed by atoms with Gasteiger partial charge in [-0.1, -0.05) is 194 Å². The number of hydrogen-bond acceptors (Lipinski definition) is 2. The highest BCUT2D eigenvalue weighted by Crippen LogP contribution is 2.50. The van der Waals surface area contributed by atoms with Crippen molar-refractivity contribution < 1.29 is 4.42 Å². The molecule has 2 nitrogen and oxygen atoms in total. The zero-order valence-corrected chi connectivity index (χ0v) is 33.9. The number of furan rings is 1. The van der Waals surface area contributed by atoms with E-state index in [1.54, 1.807) is 0 Å². The molecule has 0 radical (unpaired) electrons. The highest BCUT2D eigenvalue weighted by Gasteiger charge is 2.25. The predicted octanol–water partition coefficient (Wildman–Crippen LogP) is 17.2. The summed E-state index contributed by atoms with van der Waals surface area (Å²) < 4.78 is 6.96. The van der Waals surface area contributed by atoms with Gasteiger partial charge in [0.15, 0.2) is 0 Å². The first kappa shape index (κ1) is 35.7. The lowest BCUT2D eigenvalue weighted by Crippen LogP contribution is -2.12. The summed E-state index contributed by atoms with van der Waals surface area (Å²) in [7, 11) is 0. The fourth-order valence-electron chi connectivity index (χ4n) is 9.54. The van der Waals surface area contributed by atoms with E-state index in [2.05, 4.69) is 241 Å². The topological polar surface area (TPSA) is 16.4 Å². The summed E-state index contributed by atoms with van der Waals surface area (Å²) in [4.78, 5) is 2.44. The minimum Gasteiger partial charge on any atom is -0.455 e. The molecule has 12 rings (SSSR count). The molecular formula is C60H39NO. The van der Waals surface area contributed by atoms with Crippen LogP contribution in [0.5, 0.6) is 0 Å². The monoisotopic (exact) mass is 789 g/mol. The minimum atomic E-state index is 0.861. The number of nitrogens with zero attached hydrogens (tertiary/aromatic N) is 1. The van der Waals surface area contributed by atoms with Gasteiger partial charge in [0.05, 0.1) is 16.8 Å². The third kappa shape index (κ3) is 5.96. The van der Waals surface area contributed by atoms with Crippen LogP contribution in [0.3, 0.4) is 0 Å². The van der Waals surface area contributed by atoms with Gasteiger partial charge in [0.2, 0.25) is 0 Å². The van der Waals surface area contributed by atoms with Crippen LogP contribution < -0.4 is 4.90 Å². The molecule has 1 aromatic heterocycles. The highest BCUT2D eigenvalue weighted by atomic mass is 16.3. The van der Waals surface area contributed by atoms with Crippen molar-refractivity contribution in [2.24, 2.45) is 0 Å². The average Bonchev–Trinajstić information content (AvgIpc) is 3.75. The molecule has 290 valence electrons. The van der Waals surface area contributed by atoms with Crippen molar-refractivity contribution in [1.82, 2.24) is 0 Å². The first-order valence-corrected chi connectivity index (χ1v) is 21.3. The third-order valence-corrected chi connectivity index (χ3v) is 12.5. The van der Waals surface area contributed by atoms with Crippen LogP contribution in [-0.4, -0.2) is 0 Å². The molecule has 11 aromatic carbocycles. The molecule has 0 spiro atoms. The molecule has 0 amide bonds. The summed E-state index contributed by atoms with van der Waals surface area (Å²) in [6.07, 6.45) is 0. The standard InChI is InChI=1S/C60H39NO/c1-2-15-40(16-3-1)41-29-31-42(32-30-41)43-33-35-46(36-34-43)61(56-27-12-10-24-52(56)55-39-45-18-5-7-21-48(45)49-22-8-9-23-51(49)55)57-38-37-53(50-26-14-19-44-17-4-6-20-47(44)50)60-59(57)54-25-11-13-28-58(54)62-60/h1-39H. The second-order valence-corrected chi connectivity index (χ2v) is 16.0.